The first-order valence-corrected chi connectivity index (χ1v) is 12.0. The van der Waals surface area contributed by atoms with Gasteiger partial charge in [0.2, 0.25) is 0 Å². The molecule has 2 aromatic carbocycles. The lowest BCUT2D eigenvalue weighted by Crippen LogP contribution is -3.00. The summed E-state index contributed by atoms with van der Waals surface area (Å²) in [5.41, 5.74) is 1.56. The number of benzene rings is 2. The predicted molar refractivity (Wildman–Crippen MR) is 129 cm³/mol. The molecule has 3 aliphatic rings. The fourth-order valence-corrected chi connectivity index (χ4v) is 6.33. The molecule has 0 spiro atoms. The van der Waals surface area contributed by atoms with E-state index in [0.29, 0.717) is 28.3 Å². The average molecular weight is 563 g/mol. The molecule has 3 aliphatic heterocycles. The van der Waals surface area contributed by atoms with Gasteiger partial charge >= 0.3 is 6.18 Å². The van der Waals surface area contributed by atoms with E-state index in [4.69, 9.17) is 4.74 Å². The van der Waals surface area contributed by atoms with E-state index in [9.17, 15) is 18.3 Å². The van der Waals surface area contributed by atoms with Gasteiger partial charge in [0.15, 0.2) is 0 Å². The molecular weight excluding hydrogens is 533 g/mol. The molecule has 2 bridgehead atoms. The monoisotopic (exact) mass is 562 g/mol. The van der Waals surface area contributed by atoms with Crippen LogP contribution in [0.3, 0.4) is 0 Å². The molecular formula is C28H30BrF3N2O2. The lowest BCUT2D eigenvalue weighted by Gasteiger charge is -2.58. The molecule has 1 aromatic heterocycles. The van der Waals surface area contributed by atoms with Crippen molar-refractivity contribution in [3.8, 4) is 5.75 Å². The zero-order valence-electron chi connectivity index (χ0n) is 20.1. The van der Waals surface area contributed by atoms with Crippen LogP contribution in [0.2, 0.25) is 0 Å². The predicted octanol–water partition coefficient (Wildman–Crippen LogP) is 2.91. The maximum Gasteiger partial charge on any atom is 0.416 e. The van der Waals surface area contributed by atoms with Gasteiger partial charge in [0, 0.05) is 35.9 Å². The van der Waals surface area contributed by atoms with Crippen molar-refractivity contribution >= 4 is 10.9 Å². The Hall–Kier alpha value is -2.42. The van der Waals surface area contributed by atoms with Crippen molar-refractivity contribution < 1.29 is 44.5 Å². The van der Waals surface area contributed by atoms with Gasteiger partial charge in [-0.25, -0.2) is 0 Å². The van der Waals surface area contributed by atoms with Crippen molar-refractivity contribution in [3.63, 3.8) is 0 Å². The maximum atomic E-state index is 13.4. The SMILES string of the molecule is C=CC1C[N+]2(Cc3cccc(C(F)(F)F)c3)CCC1CC2[C@H](O)c1ccnc2ccc(OC)cc12.[Br-]. The summed E-state index contributed by atoms with van der Waals surface area (Å²) in [6.07, 6.45) is 0.287. The zero-order chi connectivity index (χ0) is 24.8. The summed E-state index contributed by atoms with van der Waals surface area (Å²) < 4.78 is 46.2. The van der Waals surface area contributed by atoms with Crippen molar-refractivity contribution in [3.05, 3.63) is 84.1 Å². The number of aliphatic hydroxyl groups is 1. The highest BCUT2D eigenvalue weighted by Gasteiger charge is 2.54. The molecule has 5 atom stereocenters. The molecule has 0 aliphatic carbocycles. The Morgan fingerprint density at radius 1 is 1.22 bits per heavy atom. The standard InChI is InChI=1S/C28H30F3N2O2.BrH/c1-3-19-17-33(16-18-5-4-6-21(13-18)28(29,30)31)12-10-20(19)14-26(33)27(34)23-9-11-32-25-8-7-22(35-2)15-24(23)25;/h3-9,11,13,15,19-20,26-27,34H,1,10,12,14,16-17H2,2H3;1H/q+1;/p-1/t19?,20?,26?,27-,33?;/m1./s1. The van der Waals surface area contributed by atoms with Gasteiger partial charge in [-0.1, -0.05) is 18.2 Å². The molecule has 3 saturated heterocycles. The smallest absolute Gasteiger partial charge is 0.416 e. The van der Waals surface area contributed by atoms with Crippen molar-refractivity contribution in [2.24, 2.45) is 11.8 Å². The van der Waals surface area contributed by atoms with E-state index in [-0.39, 0.29) is 28.9 Å². The second kappa shape index (κ2) is 10.1. The minimum absolute atomic E-state index is 0. The third-order valence-corrected chi connectivity index (χ3v) is 8.09. The summed E-state index contributed by atoms with van der Waals surface area (Å²) in [7, 11) is 1.60. The minimum atomic E-state index is -4.39. The van der Waals surface area contributed by atoms with Gasteiger partial charge in [0.1, 0.15) is 24.4 Å². The number of aromatic nitrogens is 1. The van der Waals surface area contributed by atoms with Crippen molar-refractivity contribution in [2.45, 2.75) is 37.7 Å². The first-order chi connectivity index (χ1) is 16.7. The van der Waals surface area contributed by atoms with Gasteiger partial charge in [-0.05, 0) is 47.9 Å². The molecule has 36 heavy (non-hydrogen) atoms. The van der Waals surface area contributed by atoms with Crippen molar-refractivity contribution in [2.75, 3.05) is 20.2 Å². The summed E-state index contributed by atoms with van der Waals surface area (Å²) in [5.74, 6) is 1.38. The van der Waals surface area contributed by atoms with E-state index in [1.807, 2.05) is 30.3 Å². The van der Waals surface area contributed by atoms with Crippen molar-refractivity contribution in [1.29, 1.82) is 0 Å². The number of methoxy groups -OCH3 is 1. The Balaban J connectivity index is 0.00000304. The Morgan fingerprint density at radius 2 is 2.03 bits per heavy atom. The number of hydrogen-bond donors (Lipinski definition) is 1. The summed E-state index contributed by atoms with van der Waals surface area (Å²) in [6, 6.07) is 12.9. The Morgan fingerprint density at radius 3 is 2.75 bits per heavy atom. The van der Waals surface area contributed by atoms with Gasteiger partial charge in [-0.15, -0.1) is 6.58 Å². The van der Waals surface area contributed by atoms with E-state index in [1.165, 1.54) is 12.1 Å². The largest absolute Gasteiger partial charge is 1.00 e. The highest BCUT2D eigenvalue weighted by Crippen LogP contribution is 2.48. The van der Waals surface area contributed by atoms with E-state index in [1.54, 1.807) is 19.4 Å². The molecule has 3 fully saturated rings. The molecule has 0 radical (unpaired) electrons. The number of quaternary nitrogens is 1. The van der Waals surface area contributed by atoms with Gasteiger partial charge in [-0.3, -0.25) is 4.98 Å². The number of fused-ring (bicyclic) bond motifs is 4. The van der Waals surface area contributed by atoms with Crippen LogP contribution >= 0.6 is 0 Å². The maximum absolute atomic E-state index is 13.4. The third-order valence-electron chi connectivity index (χ3n) is 8.09. The second-order valence-corrected chi connectivity index (χ2v) is 9.96. The minimum Gasteiger partial charge on any atom is -1.00 e. The summed E-state index contributed by atoms with van der Waals surface area (Å²) >= 11 is 0. The Kier molecular flexibility index (Phi) is 7.51. The van der Waals surface area contributed by atoms with E-state index < -0.39 is 17.8 Å². The van der Waals surface area contributed by atoms with Crippen LogP contribution in [-0.2, 0) is 12.7 Å². The Labute approximate surface area is 219 Å². The van der Waals surface area contributed by atoms with Gasteiger partial charge < -0.3 is 31.3 Å². The first-order valence-electron chi connectivity index (χ1n) is 12.0. The number of halogens is 4. The fourth-order valence-electron chi connectivity index (χ4n) is 6.33. The lowest BCUT2D eigenvalue weighted by atomic mass is 9.71. The van der Waals surface area contributed by atoms with Crippen molar-refractivity contribution in [1.82, 2.24) is 4.98 Å². The molecule has 8 heteroatoms. The number of piperidine rings is 3. The number of ether oxygens (including phenoxy) is 1. The number of pyridine rings is 1. The van der Waals surface area contributed by atoms with Crippen LogP contribution in [0.4, 0.5) is 13.2 Å². The average Bonchev–Trinajstić information content (AvgIpc) is 2.87. The van der Waals surface area contributed by atoms with Crippen LogP contribution in [0.25, 0.3) is 10.9 Å². The third kappa shape index (κ3) is 4.78. The molecule has 1 N–H and O–H groups in total. The van der Waals surface area contributed by atoms with E-state index >= 15 is 0 Å². The lowest BCUT2D eigenvalue weighted by molar-refractivity contribution is -0.984. The Bertz CT molecular complexity index is 1250. The zero-order valence-corrected chi connectivity index (χ0v) is 21.7. The number of nitrogens with zero attached hydrogens (tertiary/aromatic N) is 2. The van der Waals surface area contributed by atoms with Crippen LogP contribution in [0.15, 0.2) is 67.4 Å². The van der Waals surface area contributed by atoms with Gasteiger partial charge in [0.05, 0.1) is 31.3 Å². The molecule has 4 unspecified atom stereocenters. The molecule has 4 nitrogen and oxygen atoms in total. The number of rotatable bonds is 6. The van der Waals surface area contributed by atoms with Crippen LogP contribution < -0.4 is 21.7 Å². The highest BCUT2D eigenvalue weighted by molar-refractivity contribution is 5.83. The molecule has 192 valence electrons. The second-order valence-electron chi connectivity index (χ2n) is 9.96. The van der Waals surface area contributed by atoms with E-state index in [0.717, 1.165) is 48.5 Å². The number of hydrogen-bond acceptors (Lipinski definition) is 3. The highest BCUT2D eigenvalue weighted by atomic mass is 79.9. The van der Waals surface area contributed by atoms with E-state index in [2.05, 4.69) is 11.6 Å². The van der Waals surface area contributed by atoms with Gasteiger partial charge in [-0.2, -0.15) is 13.2 Å². The summed E-state index contributed by atoms with van der Waals surface area (Å²) in [5, 5.41) is 12.7. The molecule has 0 saturated carbocycles. The molecule has 4 heterocycles. The van der Waals surface area contributed by atoms with Crippen LogP contribution in [0, 0.1) is 11.8 Å². The molecule has 0 amide bonds. The van der Waals surface area contributed by atoms with Crippen LogP contribution in [-0.4, -0.2) is 40.8 Å². The fraction of sp³-hybridized carbons (Fsp3) is 0.393. The number of alkyl halides is 3. The summed E-state index contributed by atoms with van der Waals surface area (Å²) in [4.78, 5) is 4.44. The topological polar surface area (TPSA) is 42.4 Å². The first kappa shape index (κ1) is 26.6. The quantitative estimate of drug-likeness (QED) is 0.371. The number of aliphatic hydroxyl groups excluding tert-OH is 1. The van der Waals surface area contributed by atoms with Crippen LogP contribution in [0.1, 0.15) is 35.6 Å². The van der Waals surface area contributed by atoms with Crippen LogP contribution in [0.5, 0.6) is 5.75 Å². The normalized spacial score (nSPS) is 26.3. The van der Waals surface area contributed by atoms with Gasteiger partial charge in [0.25, 0.3) is 0 Å². The molecule has 3 aromatic rings. The molecule has 6 rings (SSSR count). The summed E-state index contributed by atoms with van der Waals surface area (Å²) in [6.45, 7) is 6.05.